The highest BCUT2D eigenvalue weighted by molar-refractivity contribution is 9.11. The second-order valence-electron chi connectivity index (χ2n) is 4.34. The molecule has 0 aliphatic rings. The smallest absolute Gasteiger partial charge is 0.335 e. The molecule has 0 saturated heterocycles. The quantitative estimate of drug-likeness (QED) is 0.774. The molecule has 0 bridgehead atoms. The van der Waals surface area contributed by atoms with Crippen LogP contribution in [0, 0.1) is 0 Å². The highest BCUT2D eigenvalue weighted by Gasteiger charge is 2.09. The van der Waals surface area contributed by atoms with Crippen molar-refractivity contribution in [2.24, 2.45) is 0 Å². The zero-order valence-electron chi connectivity index (χ0n) is 10.8. The van der Waals surface area contributed by atoms with Crippen molar-refractivity contribution in [2.75, 3.05) is 0 Å². The average molecular weight is 416 g/mol. The van der Waals surface area contributed by atoms with E-state index >= 15 is 0 Å². The number of ether oxygens (including phenoxy) is 1. The maximum Gasteiger partial charge on any atom is 0.335 e. The van der Waals surface area contributed by atoms with Gasteiger partial charge in [-0.25, -0.2) is 4.79 Å². The van der Waals surface area contributed by atoms with E-state index in [1.54, 1.807) is 36.4 Å². The zero-order valence-corrected chi connectivity index (χ0v) is 14.0. The van der Waals surface area contributed by atoms with Crippen LogP contribution in [0.5, 0.6) is 5.75 Å². The number of aliphatic hydroxyl groups excluding tert-OH is 1. The van der Waals surface area contributed by atoms with Gasteiger partial charge in [0.15, 0.2) is 0 Å². The van der Waals surface area contributed by atoms with Crippen molar-refractivity contribution < 1.29 is 19.7 Å². The number of carboxylic acids is 1. The van der Waals surface area contributed by atoms with Gasteiger partial charge in [0.25, 0.3) is 0 Å². The first-order valence-electron chi connectivity index (χ1n) is 6.05. The van der Waals surface area contributed by atoms with Gasteiger partial charge in [0.05, 0.1) is 21.1 Å². The summed E-state index contributed by atoms with van der Waals surface area (Å²) < 4.78 is 7.21. The Labute approximate surface area is 138 Å². The van der Waals surface area contributed by atoms with Crippen LogP contribution in [0.25, 0.3) is 0 Å². The average Bonchev–Trinajstić information content (AvgIpc) is 2.46. The normalized spacial score (nSPS) is 10.4. The number of aliphatic hydroxyl groups is 1. The molecule has 110 valence electrons. The Balaban J connectivity index is 2.11. The van der Waals surface area contributed by atoms with Gasteiger partial charge in [0.1, 0.15) is 12.4 Å². The molecule has 0 amide bonds. The van der Waals surface area contributed by atoms with Gasteiger partial charge < -0.3 is 14.9 Å². The molecule has 0 radical (unpaired) electrons. The van der Waals surface area contributed by atoms with Gasteiger partial charge in [-0.2, -0.15) is 0 Å². The summed E-state index contributed by atoms with van der Waals surface area (Å²) >= 11 is 6.80. The molecule has 6 heteroatoms. The summed E-state index contributed by atoms with van der Waals surface area (Å²) in [5, 5.41) is 18.0. The van der Waals surface area contributed by atoms with Gasteiger partial charge >= 0.3 is 5.97 Å². The fourth-order valence-corrected chi connectivity index (χ4v) is 3.25. The Morgan fingerprint density at radius 2 is 1.62 bits per heavy atom. The third-order valence-corrected chi connectivity index (χ3v) is 4.00. The largest absolute Gasteiger partial charge is 0.487 e. The van der Waals surface area contributed by atoms with Crippen molar-refractivity contribution in [1.29, 1.82) is 0 Å². The summed E-state index contributed by atoms with van der Waals surface area (Å²) in [5.41, 5.74) is 1.88. The summed E-state index contributed by atoms with van der Waals surface area (Å²) in [5.74, 6) is -0.318. The molecule has 0 heterocycles. The van der Waals surface area contributed by atoms with Crippen LogP contribution in [-0.2, 0) is 13.2 Å². The Bertz CT molecular complexity index is 630. The van der Waals surface area contributed by atoms with Gasteiger partial charge in [-0.05, 0) is 67.3 Å². The van der Waals surface area contributed by atoms with E-state index in [0.717, 1.165) is 20.1 Å². The predicted molar refractivity (Wildman–Crippen MR) is 85.5 cm³/mol. The molecule has 2 rings (SSSR count). The van der Waals surface area contributed by atoms with Gasteiger partial charge in [-0.1, -0.05) is 12.1 Å². The molecule has 0 saturated carbocycles. The van der Waals surface area contributed by atoms with Crippen LogP contribution in [0.2, 0.25) is 0 Å². The van der Waals surface area contributed by atoms with Gasteiger partial charge in [0.2, 0.25) is 0 Å². The third-order valence-electron chi connectivity index (χ3n) is 2.82. The van der Waals surface area contributed by atoms with Gasteiger partial charge in [-0.15, -0.1) is 0 Å². The van der Waals surface area contributed by atoms with E-state index in [1.165, 1.54) is 0 Å². The lowest BCUT2D eigenvalue weighted by molar-refractivity contribution is 0.0697. The summed E-state index contributed by atoms with van der Waals surface area (Å²) in [7, 11) is 0. The summed E-state index contributed by atoms with van der Waals surface area (Å²) in [6.45, 7) is 0.268. The van der Waals surface area contributed by atoms with Crippen LogP contribution < -0.4 is 4.74 Å². The number of carbonyl (C=O) groups is 1. The lowest BCUT2D eigenvalue weighted by atomic mass is 10.1. The van der Waals surface area contributed by atoms with E-state index in [2.05, 4.69) is 31.9 Å². The molecule has 0 fully saturated rings. The number of aromatic carboxylic acids is 1. The van der Waals surface area contributed by atoms with Crippen LogP contribution in [0.15, 0.2) is 45.3 Å². The van der Waals surface area contributed by atoms with Crippen molar-refractivity contribution >= 4 is 37.8 Å². The summed E-state index contributed by atoms with van der Waals surface area (Å²) in [6, 6.07) is 10.1. The molecule has 21 heavy (non-hydrogen) atoms. The second-order valence-corrected chi connectivity index (χ2v) is 6.05. The highest BCUT2D eigenvalue weighted by Crippen LogP contribution is 2.35. The molecule has 0 aliphatic carbocycles. The molecule has 2 aromatic carbocycles. The van der Waals surface area contributed by atoms with E-state index in [0.29, 0.717) is 12.4 Å². The molecule has 2 N–H and O–H groups in total. The first kappa shape index (κ1) is 16.0. The number of hydrogen-bond donors (Lipinski definition) is 2. The third kappa shape index (κ3) is 4.06. The number of hydrogen-bond acceptors (Lipinski definition) is 3. The SMILES string of the molecule is O=C(O)c1ccc(COc2c(Br)cc(CO)cc2Br)cc1. The molecule has 0 aromatic heterocycles. The van der Waals surface area contributed by atoms with E-state index < -0.39 is 5.97 Å². The Hall–Kier alpha value is -1.37. The van der Waals surface area contributed by atoms with Crippen molar-refractivity contribution in [1.82, 2.24) is 0 Å². The Morgan fingerprint density at radius 3 is 2.10 bits per heavy atom. The minimum Gasteiger partial charge on any atom is -0.487 e. The van der Waals surface area contributed by atoms with E-state index in [1.807, 2.05) is 0 Å². The minimum absolute atomic E-state index is 0.0475. The standard InChI is InChI=1S/C15H12Br2O4/c16-12-5-10(7-18)6-13(17)14(12)21-8-9-1-3-11(4-2-9)15(19)20/h1-6,18H,7-8H2,(H,19,20). The number of benzene rings is 2. The molecule has 0 atom stereocenters. The molecular formula is C15H12Br2O4. The number of rotatable bonds is 5. The Morgan fingerprint density at radius 1 is 1.05 bits per heavy atom. The summed E-state index contributed by atoms with van der Waals surface area (Å²) in [4.78, 5) is 10.8. The van der Waals surface area contributed by atoms with E-state index in [4.69, 9.17) is 14.9 Å². The minimum atomic E-state index is -0.951. The second kappa shape index (κ2) is 7.06. The zero-order chi connectivity index (χ0) is 15.4. The van der Waals surface area contributed by atoms with Crippen LogP contribution >= 0.6 is 31.9 Å². The van der Waals surface area contributed by atoms with Crippen LogP contribution in [0.4, 0.5) is 0 Å². The monoisotopic (exact) mass is 414 g/mol. The van der Waals surface area contributed by atoms with Crippen molar-refractivity contribution in [3.05, 3.63) is 62.0 Å². The Kier molecular flexibility index (Phi) is 5.39. The lowest BCUT2D eigenvalue weighted by Crippen LogP contribution is -2.00. The lowest BCUT2D eigenvalue weighted by Gasteiger charge is -2.12. The van der Waals surface area contributed by atoms with Crippen LogP contribution in [-0.4, -0.2) is 16.2 Å². The number of carboxylic acid groups (broad SMARTS) is 1. The van der Waals surface area contributed by atoms with Gasteiger partial charge in [0, 0.05) is 0 Å². The summed E-state index contributed by atoms with van der Waals surface area (Å²) in [6.07, 6.45) is 0. The van der Waals surface area contributed by atoms with Crippen molar-refractivity contribution in [3.8, 4) is 5.75 Å². The topological polar surface area (TPSA) is 66.8 Å². The molecule has 0 unspecified atom stereocenters. The molecular weight excluding hydrogens is 404 g/mol. The number of halogens is 2. The fraction of sp³-hybridized carbons (Fsp3) is 0.133. The molecule has 2 aromatic rings. The van der Waals surface area contributed by atoms with E-state index in [-0.39, 0.29) is 12.2 Å². The first-order valence-corrected chi connectivity index (χ1v) is 7.63. The maximum atomic E-state index is 10.8. The van der Waals surface area contributed by atoms with E-state index in [9.17, 15) is 4.79 Å². The molecule has 4 nitrogen and oxygen atoms in total. The highest BCUT2D eigenvalue weighted by atomic mass is 79.9. The van der Waals surface area contributed by atoms with Crippen LogP contribution in [0.1, 0.15) is 21.5 Å². The van der Waals surface area contributed by atoms with Crippen molar-refractivity contribution in [3.63, 3.8) is 0 Å². The molecule has 0 spiro atoms. The van der Waals surface area contributed by atoms with Crippen molar-refractivity contribution in [2.45, 2.75) is 13.2 Å². The first-order chi connectivity index (χ1) is 10.0. The molecule has 0 aliphatic heterocycles. The van der Waals surface area contributed by atoms with Crippen LogP contribution in [0.3, 0.4) is 0 Å². The van der Waals surface area contributed by atoms with Gasteiger partial charge in [-0.3, -0.25) is 0 Å². The maximum absolute atomic E-state index is 10.8. The fourth-order valence-electron chi connectivity index (χ4n) is 1.74. The predicted octanol–water partition coefficient (Wildman–Crippen LogP) is 3.98.